The highest BCUT2D eigenvalue weighted by Gasteiger charge is 2.43. The van der Waals surface area contributed by atoms with Crippen molar-refractivity contribution in [2.24, 2.45) is 5.41 Å². The Morgan fingerprint density at radius 3 is 1.76 bits per heavy atom. The van der Waals surface area contributed by atoms with Crippen LogP contribution >= 0.6 is 11.2 Å². The maximum atomic E-state index is 5.97. The predicted octanol–water partition coefficient (Wildman–Crippen LogP) is 3.81. The molecule has 0 bridgehead atoms. The molecule has 0 aromatic rings. The van der Waals surface area contributed by atoms with Gasteiger partial charge in [-0.2, -0.15) is 11.2 Å². The monoisotopic (exact) mass is 296 g/mol. The van der Waals surface area contributed by atoms with Gasteiger partial charge in [-0.3, -0.25) is 0 Å². The van der Waals surface area contributed by atoms with Crippen molar-refractivity contribution in [3.05, 3.63) is 0 Å². The van der Waals surface area contributed by atoms with Gasteiger partial charge in [-0.25, -0.2) is 0 Å². The Morgan fingerprint density at radius 2 is 1.47 bits per heavy atom. The lowest BCUT2D eigenvalue weighted by atomic mass is 10.0. The molecule has 0 N–H and O–H groups in total. The highest BCUT2D eigenvalue weighted by molar-refractivity contribution is 8.28. The van der Waals surface area contributed by atoms with Gasteiger partial charge in [0.1, 0.15) is 7.22 Å². The third-order valence-corrected chi connectivity index (χ3v) is 9.72. The van der Waals surface area contributed by atoms with Crippen LogP contribution in [-0.4, -0.2) is 36.2 Å². The Morgan fingerprint density at radius 1 is 1.00 bits per heavy atom. The summed E-state index contributed by atoms with van der Waals surface area (Å²) in [4.78, 5) is 0. The lowest BCUT2D eigenvalue weighted by Crippen LogP contribution is -2.47. The molecular weight excluding hydrogens is 268 g/mol. The molecule has 0 aliphatic carbocycles. The van der Waals surface area contributed by atoms with Gasteiger partial charge in [-0.15, -0.1) is 0 Å². The molecule has 6 heteroatoms. The molecular formula is C11H28O3SSi2. The molecule has 0 unspecified atom stereocenters. The topological polar surface area (TPSA) is 27.7 Å². The van der Waals surface area contributed by atoms with Crippen molar-refractivity contribution in [1.29, 1.82) is 0 Å². The minimum Gasteiger partial charge on any atom is -0.377 e. The molecule has 0 heterocycles. The van der Waals surface area contributed by atoms with Crippen molar-refractivity contribution >= 4 is 27.2 Å². The fourth-order valence-corrected chi connectivity index (χ4v) is 6.33. The normalized spacial score (nSPS) is 14.1. The first-order valence-electron chi connectivity index (χ1n) is 5.92. The van der Waals surface area contributed by atoms with Crippen LogP contribution in [0, 0.1) is 5.41 Å². The van der Waals surface area contributed by atoms with E-state index in [0.29, 0.717) is 5.94 Å². The number of rotatable bonds is 7. The van der Waals surface area contributed by atoms with Crippen LogP contribution in [0.5, 0.6) is 0 Å². The first-order valence-corrected chi connectivity index (χ1v) is 13.1. The van der Waals surface area contributed by atoms with Gasteiger partial charge in [0.05, 0.1) is 5.94 Å². The van der Waals surface area contributed by atoms with Crippen LogP contribution in [0.2, 0.25) is 25.7 Å². The molecule has 0 aromatic carbocycles. The minimum atomic E-state index is -2.48. The summed E-state index contributed by atoms with van der Waals surface area (Å²) in [5.41, 5.74) is 0.155. The molecule has 3 nitrogen and oxygen atoms in total. The van der Waals surface area contributed by atoms with Crippen molar-refractivity contribution in [2.75, 3.05) is 20.2 Å². The summed E-state index contributed by atoms with van der Waals surface area (Å²) in [6.07, 6.45) is 0. The summed E-state index contributed by atoms with van der Waals surface area (Å²) in [6.45, 7) is 13.5. The third kappa shape index (κ3) is 8.39. The van der Waals surface area contributed by atoms with E-state index in [-0.39, 0.29) is 5.41 Å². The van der Waals surface area contributed by atoms with Crippen molar-refractivity contribution < 1.29 is 13.3 Å². The highest BCUT2D eigenvalue weighted by atomic mass is 32.4. The van der Waals surface area contributed by atoms with Gasteiger partial charge >= 0.3 is 8.80 Å². The lowest BCUT2D eigenvalue weighted by molar-refractivity contribution is 0.107. The Bertz CT molecular complexity index is 220. The zero-order valence-electron chi connectivity index (χ0n) is 12.5. The van der Waals surface area contributed by atoms with Gasteiger partial charge in [-0.1, -0.05) is 40.4 Å². The molecule has 0 saturated heterocycles. The van der Waals surface area contributed by atoms with Crippen molar-refractivity contribution in [1.82, 2.24) is 0 Å². The van der Waals surface area contributed by atoms with Crippen LogP contribution in [0.15, 0.2) is 0 Å². The first-order chi connectivity index (χ1) is 7.54. The molecule has 0 rings (SSSR count). The molecule has 0 spiro atoms. The second-order valence-electron chi connectivity index (χ2n) is 6.35. The van der Waals surface area contributed by atoms with E-state index >= 15 is 0 Å². The maximum absolute atomic E-state index is 5.97. The Kier molecular flexibility index (Phi) is 6.98. The fourth-order valence-electron chi connectivity index (χ4n) is 1.34. The molecule has 0 aliphatic rings. The zero-order chi connectivity index (χ0) is 13.7. The molecule has 0 radical (unpaired) electrons. The molecule has 0 aromatic heterocycles. The molecule has 0 saturated carbocycles. The Balaban J connectivity index is 4.41. The summed E-state index contributed by atoms with van der Waals surface area (Å²) < 4.78 is 17.1. The summed E-state index contributed by atoms with van der Waals surface area (Å²) in [5, 5.41) is 0. The van der Waals surface area contributed by atoms with Crippen LogP contribution in [0.1, 0.15) is 20.8 Å². The lowest BCUT2D eigenvalue weighted by Gasteiger charge is -2.32. The summed E-state index contributed by atoms with van der Waals surface area (Å²) in [5.74, 6) is 0.680. The minimum absolute atomic E-state index is 0.155. The van der Waals surface area contributed by atoms with Crippen molar-refractivity contribution in [3.8, 4) is 0 Å². The average Bonchev–Trinajstić information content (AvgIpc) is 2.12. The smallest absolute Gasteiger partial charge is 0.377 e. The van der Waals surface area contributed by atoms with Crippen LogP contribution < -0.4 is 0 Å². The Labute approximate surface area is 113 Å². The quantitative estimate of drug-likeness (QED) is 0.527. The van der Waals surface area contributed by atoms with Gasteiger partial charge in [0, 0.05) is 20.3 Å². The molecule has 0 atom stereocenters. The first kappa shape index (κ1) is 17.7. The van der Waals surface area contributed by atoms with Crippen LogP contribution in [-0.2, 0) is 13.3 Å². The molecule has 0 amide bonds. The van der Waals surface area contributed by atoms with E-state index in [4.69, 9.17) is 13.3 Å². The summed E-state index contributed by atoms with van der Waals surface area (Å²) in [6, 6.07) is 0.846. The number of hydrogen-bond donors (Lipinski definition) is 0. The predicted molar refractivity (Wildman–Crippen MR) is 80.9 cm³/mol. The van der Waals surface area contributed by atoms with Crippen LogP contribution in [0.3, 0.4) is 0 Å². The summed E-state index contributed by atoms with van der Waals surface area (Å²) >= 11 is 1.91. The Hall–Kier alpha value is 0.664. The maximum Gasteiger partial charge on any atom is 0.501 e. The van der Waals surface area contributed by atoms with Gasteiger partial charge in [0.25, 0.3) is 0 Å². The summed E-state index contributed by atoms with van der Waals surface area (Å²) in [7, 11) is -0.225. The van der Waals surface area contributed by atoms with Crippen LogP contribution in [0.4, 0.5) is 0 Å². The fraction of sp³-hybridized carbons (Fsp3) is 1.00. The molecule has 104 valence electrons. The second kappa shape index (κ2) is 6.72. The van der Waals surface area contributed by atoms with Gasteiger partial charge in [0.15, 0.2) is 0 Å². The van der Waals surface area contributed by atoms with E-state index < -0.39 is 16.0 Å². The highest BCUT2D eigenvalue weighted by Crippen LogP contribution is 2.31. The second-order valence-corrected chi connectivity index (χ2v) is 18.5. The van der Waals surface area contributed by atoms with E-state index in [9.17, 15) is 0 Å². The average molecular weight is 297 g/mol. The number of hydrogen-bond acceptors (Lipinski definition) is 4. The standard InChI is InChI=1S/C11H28O3SSi2/c1-11(2,3)9-17(12-4,13-5)14-10-15-16(6,7)8/h9-10H2,1-8H3. The van der Waals surface area contributed by atoms with E-state index in [1.54, 1.807) is 14.2 Å². The third-order valence-electron chi connectivity index (χ3n) is 2.14. The van der Waals surface area contributed by atoms with Crippen molar-refractivity contribution in [3.63, 3.8) is 0 Å². The van der Waals surface area contributed by atoms with Gasteiger partial charge in [-0.05, 0) is 5.41 Å². The molecule has 0 aliphatic heterocycles. The molecule has 17 heavy (non-hydrogen) atoms. The van der Waals surface area contributed by atoms with E-state index in [0.717, 1.165) is 6.04 Å². The van der Waals surface area contributed by atoms with E-state index in [2.05, 4.69) is 40.4 Å². The van der Waals surface area contributed by atoms with Gasteiger partial charge < -0.3 is 13.3 Å². The SMILES string of the molecule is CO[Si](CC(C)(C)C)(OC)OCS[Si](C)(C)C. The molecule has 0 fully saturated rings. The van der Waals surface area contributed by atoms with E-state index in [1.807, 2.05) is 11.2 Å². The van der Waals surface area contributed by atoms with Crippen molar-refractivity contribution in [2.45, 2.75) is 46.5 Å². The van der Waals surface area contributed by atoms with Crippen LogP contribution in [0.25, 0.3) is 0 Å². The zero-order valence-corrected chi connectivity index (χ0v) is 15.4. The van der Waals surface area contributed by atoms with Gasteiger partial charge in [0.2, 0.25) is 0 Å². The van der Waals surface area contributed by atoms with E-state index in [1.165, 1.54) is 0 Å². The largest absolute Gasteiger partial charge is 0.501 e.